The molecule has 0 atom stereocenters. The lowest BCUT2D eigenvalue weighted by atomic mass is 10.2. The highest BCUT2D eigenvalue weighted by molar-refractivity contribution is 14.1. The Morgan fingerprint density at radius 2 is 2.05 bits per heavy atom. The van der Waals surface area contributed by atoms with Gasteiger partial charge in [0.1, 0.15) is 0 Å². The first kappa shape index (κ1) is 14.3. The van der Waals surface area contributed by atoms with E-state index in [-0.39, 0.29) is 11.3 Å². The molecule has 0 saturated carbocycles. The molecule has 3 N–H and O–H groups in total. The van der Waals surface area contributed by atoms with Gasteiger partial charge in [-0.15, -0.1) is 0 Å². The van der Waals surface area contributed by atoms with E-state index < -0.39 is 12.0 Å². The van der Waals surface area contributed by atoms with Crippen molar-refractivity contribution in [1.29, 1.82) is 0 Å². The maximum Gasteiger partial charge on any atom is 0.337 e. The zero-order chi connectivity index (χ0) is 14.7. The van der Waals surface area contributed by atoms with E-state index in [1.807, 2.05) is 22.6 Å². The van der Waals surface area contributed by atoms with Gasteiger partial charge in [-0.25, -0.2) is 9.59 Å². The van der Waals surface area contributed by atoms with Crippen molar-refractivity contribution < 1.29 is 14.7 Å². The minimum absolute atomic E-state index is 0.0353. The molecule has 0 aliphatic carbocycles. The first-order valence-corrected chi connectivity index (χ1v) is 6.64. The van der Waals surface area contributed by atoms with Crippen LogP contribution in [0.3, 0.4) is 0 Å². The van der Waals surface area contributed by atoms with Gasteiger partial charge in [-0.2, -0.15) is 5.10 Å². The average Bonchev–Trinajstić information content (AvgIpc) is 2.76. The van der Waals surface area contributed by atoms with Gasteiger partial charge in [0, 0.05) is 22.9 Å². The molecule has 0 aliphatic rings. The topological polar surface area (TPSA) is 96.2 Å². The number of carbonyl (C=O) groups excluding carboxylic acids is 1. The zero-order valence-electron chi connectivity index (χ0n) is 10.4. The Morgan fingerprint density at radius 1 is 1.30 bits per heavy atom. The van der Waals surface area contributed by atoms with Crippen LogP contribution in [0.25, 0.3) is 0 Å². The molecule has 0 radical (unpaired) electrons. The Morgan fingerprint density at radius 3 is 2.65 bits per heavy atom. The van der Waals surface area contributed by atoms with Crippen LogP contribution in [0.15, 0.2) is 30.5 Å². The highest BCUT2D eigenvalue weighted by atomic mass is 127. The second-order valence-electron chi connectivity index (χ2n) is 3.95. The van der Waals surface area contributed by atoms with Gasteiger partial charge < -0.3 is 10.4 Å². The van der Waals surface area contributed by atoms with Crippen LogP contribution in [-0.4, -0.2) is 26.9 Å². The number of benzene rings is 1. The number of aryl methyl sites for hydroxylation is 1. The minimum atomic E-state index is -1.10. The molecule has 2 aromatic rings. The lowest BCUT2D eigenvalue weighted by molar-refractivity contribution is 0.0698. The predicted molar refractivity (Wildman–Crippen MR) is 82.0 cm³/mol. The van der Waals surface area contributed by atoms with Gasteiger partial charge in [-0.05, 0) is 40.8 Å². The SMILES string of the molecule is Cn1ccc(NC(=O)Nc2ccc(I)cc2C(=O)O)n1. The van der Waals surface area contributed by atoms with Crippen LogP contribution in [0.2, 0.25) is 0 Å². The van der Waals surface area contributed by atoms with E-state index in [4.69, 9.17) is 5.11 Å². The average molecular weight is 386 g/mol. The number of aromatic carboxylic acids is 1. The number of halogens is 1. The Hall–Kier alpha value is -2.10. The summed E-state index contributed by atoms with van der Waals surface area (Å²) in [5.41, 5.74) is 0.263. The van der Waals surface area contributed by atoms with Crippen molar-refractivity contribution in [1.82, 2.24) is 9.78 Å². The fourth-order valence-electron chi connectivity index (χ4n) is 1.55. The number of nitrogens with one attached hydrogen (secondary N) is 2. The normalized spacial score (nSPS) is 10.1. The number of urea groups is 1. The molecule has 0 unspecified atom stereocenters. The van der Waals surface area contributed by atoms with Gasteiger partial charge in [-0.3, -0.25) is 10.00 Å². The maximum absolute atomic E-state index is 11.8. The zero-order valence-corrected chi connectivity index (χ0v) is 12.6. The molecule has 7 nitrogen and oxygen atoms in total. The quantitative estimate of drug-likeness (QED) is 0.706. The predicted octanol–water partition coefficient (Wildman–Crippen LogP) is 2.37. The molecule has 104 valence electrons. The molecule has 2 rings (SSSR count). The van der Waals surface area contributed by atoms with Crippen molar-refractivity contribution in [3.05, 3.63) is 39.6 Å². The number of hydrogen-bond donors (Lipinski definition) is 3. The van der Waals surface area contributed by atoms with Crippen LogP contribution in [0.5, 0.6) is 0 Å². The van der Waals surface area contributed by atoms with E-state index in [0.29, 0.717) is 5.82 Å². The molecule has 0 bridgehead atoms. The molecule has 0 fully saturated rings. The van der Waals surface area contributed by atoms with Crippen molar-refractivity contribution in [3.8, 4) is 0 Å². The maximum atomic E-state index is 11.8. The number of amides is 2. The first-order chi connectivity index (χ1) is 9.45. The Bertz CT molecular complexity index is 668. The number of carboxylic acids is 1. The molecule has 0 saturated heterocycles. The van der Waals surface area contributed by atoms with Crippen molar-refractivity contribution in [2.24, 2.45) is 7.05 Å². The summed E-state index contributed by atoms with van der Waals surface area (Å²) in [5, 5.41) is 18.1. The molecule has 1 heterocycles. The second-order valence-corrected chi connectivity index (χ2v) is 5.19. The number of carboxylic acid groups (broad SMARTS) is 1. The number of rotatable bonds is 3. The summed E-state index contributed by atoms with van der Waals surface area (Å²) in [7, 11) is 1.73. The third-order valence-corrected chi connectivity index (χ3v) is 3.09. The second kappa shape index (κ2) is 5.90. The molecule has 0 spiro atoms. The number of nitrogens with zero attached hydrogens (tertiary/aromatic N) is 2. The van der Waals surface area contributed by atoms with Crippen LogP contribution < -0.4 is 10.6 Å². The van der Waals surface area contributed by atoms with Gasteiger partial charge in [0.05, 0.1) is 11.3 Å². The summed E-state index contributed by atoms with van der Waals surface area (Å²) in [6, 6.07) is 5.82. The Labute approximate surface area is 128 Å². The number of anilines is 2. The number of carbonyl (C=O) groups is 2. The van der Waals surface area contributed by atoms with Gasteiger partial charge in [0.2, 0.25) is 0 Å². The molecular formula is C12H11IN4O3. The molecule has 20 heavy (non-hydrogen) atoms. The Balaban J connectivity index is 2.13. The van der Waals surface area contributed by atoms with Crippen molar-refractivity contribution >= 4 is 46.1 Å². The Kier molecular flexibility index (Phi) is 4.23. The highest BCUT2D eigenvalue weighted by Gasteiger charge is 2.13. The van der Waals surface area contributed by atoms with E-state index in [1.165, 1.54) is 6.07 Å². The van der Waals surface area contributed by atoms with Gasteiger partial charge in [0.15, 0.2) is 5.82 Å². The van der Waals surface area contributed by atoms with Crippen LogP contribution in [-0.2, 0) is 7.05 Å². The molecular weight excluding hydrogens is 375 g/mol. The largest absolute Gasteiger partial charge is 0.478 e. The standard InChI is InChI=1S/C12H11IN4O3/c1-17-5-4-10(16-17)15-12(20)14-9-3-2-7(13)6-8(9)11(18)19/h2-6H,1H3,(H,18,19)(H2,14,15,16,20). The highest BCUT2D eigenvalue weighted by Crippen LogP contribution is 2.19. The van der Waals surface area contributed by atoms with E-state index >= 15 is 0 Å². The summed E-state index contributed by atoms with van der Waals surface area (Å²) in [5.74, 6) is -0.718. The third-order valence-electron chi connectivity index (χ3n) is 2.42. The summed E-state index contributed by atoms with van der Waals surface area (Å²) in [6.07, 6.45) is 1.68. The van der Waals surface area contributed by atoms with Crippen molar-refractivity contribution in [2.75, 3.05) is 10.6 Å². The van der Waals surface area contributed by atoms with Crippen LogP contribution in [0.4, 0.5) is 16.3 Å². The van der Waals surface area contributed by atoms with E-state index in [0.717, 1.165) is 3.57 Å². The summed E-state index contributed by atoms with van der Waals surface area (Å²) < 4.78 is 2.32. The van der Waals surface area contributed by atoms with E-state index in [1.54, 1.807) is 36.1 Å². The van der Waals surface area contributed by atoms with E-state index in [9.17, 15) is 9.59 Å². The number of hydrogen-bond acceptors (Lipinski definition) is 3. The van der Waals surface area contributed by atoms with Crippen molar-refractivity contribution in [3.63, 3.8) is 0 Å². The molecule has 1 aromatic carbocycles. The van der Waals surface area contributed by atoms with Gasteiger partial charge >= 0.3 is 12.0 Å². The van der Waals surface area contributed by atoms with Gasteiger partial charge in [0.25, 0.3) is 0 Å². The van der Waals surface area contributed by atoms with Gasteiger partial charge in [-0.1, -0.05) is 0 Å². The summed E-state index contributed by atoms with van der Waals surface area (Å²) in [4.78, 5) is 22.9. The number of aromatic nitrogens is 2. The molecule has 1 aromatic heterocycles. The lowest BCUT2D eigenvalue weighted by Crippen LogP contribution is -2.21. The smallest absolute Gasteiger partial charge is 0.337 e. The monoisotopic (exact) mass is 386 g/mol. The molecule has 8 heteroatoms. The lowest BCUT2D eigenvalue weighted by Gasteiger charge is -2.09. The van der Waals surface area contributed by atoms with Crippen LogP contribution >= 0.6 is 22.6 Å². The van der Waals surface area contributed by atoms with Crippen LogP contribution in [0, 0.1) is 3.57 Å². The van der Waals surface area contributed by atoms with E-state index in [2.05, 4.69) is 15.7 Å². The van der Waals surface area contributed by atoms with Crippen molar-refractivity contribution in [2.45, 2.75) is 0 Å². The first-order valence-electron chi connectivity index (χ1n) is 5.56. The minimum Gasteiger partial charge on any atom is -0.478 e. The van der Waals surface area contributed by atoms with Crippen LogP contribution in [0.1, 0.15) is 10.4 Å². The molecule has 2 amide bonds. The summed E-state index contributed by atoms with van der Waals surface area (Å²) in [6.45, 7) is 0. The fourth-order valence-corrected chi connectivity index (χ4v) is 2.05. The third kappa shape index (κ3) is 3.47. The summed E-state index contributed by atoms with van der Waals surface area (Å²) >= 11 is 2.01. The fraction of sp³-hybridized carbons (Fsp3) is 0.0833. The molecule has 0 aliphatic heterocycles.